The van der Waals surface area contributed by atoms with Crippen LogP contribution in [0.3, 0.4) is 0 Å². The molecule has 0 nitrogen and oxygen atoms in total. The molecule has 0 aromatic heterocycles. The Hall–Kier alpha value is 0.0300. The van der Waals surface area contributed by atoms with Gasteiger partial charge in [-0.05, 0) is 12.8 Å². The van der Waals surface area contributed by atoms with E-state index in [-0.39, 0.29) is 0 Å². The number of hydrogen-bond acceptors (Lipinski definition) is 0. The normalized spacial score (nSPS) is 10.6. The van der Waals surface area contributed by atoms with Crippen LogP contribution in [0.25, 0.3) is 0 Å². The standard InChI is InChI=1S/C6H11Cl/c1-2-3-4-5-6-7/h3-4H,2,5-6H2,1H3/b4-3-. The smallest absolute Gasteiger partial charge is 0.0257 e. The fourth-order valence-corrected chi connectivity index (χ4v) is 0.474. The molecular formula is C6H11Cl. The second-order valence-electron chi connectivity index (χ2n) is 1.36. The van der Waals surface area contributed by atoms with Crippen molar-refractivity contribution in [1.29, 1.82) is 0 Å². The Balaban J connectivity index is 2.78. The average molecular weight is 119 g/mol. The average Bonchev–Trinajstić information content (AvgIpc) is 1.69. The summed E-state index contributed by atoms with van der Waals surface area (Å²) < 4.78 is 0. The molecule has 0 N–H and O–H groups in total. The molecule has 7 heavy (non-hydrogen) atoms. The van der Waals surface area contributed by atoms with Gasteiger partial charge in [-0.25, -0.2) is 0 Å². The summed E-state index contributed by atoms with van der Waals surface area (Å²) in [6.07, 6.45) is 6.36. The Morgan fingerprint density at radius 2 is 2.14 bits per heavy atom. The zero-order chi connectivity index (χ0) is 5.54. The van der Waals surface area contributed by atoms with Crippen molar-refractivity contribution in [2.24, 2.45) is 0 Å². The maximum absolute atomic E-state index is 5.39. The van der Waals surface area contributed by atoms with Crippen LogP contribution in [-0.4, -0.2) is 5.88 Å². The number of hydrogen-bond donors (Lipinski definition) is 0. The van der Waals surface area contributed by atoms with E-state index in [4.69, 9.17) is 11.6 Å². The van der Waals surface area contributed by atoms with Gasteiger partial charge in [-0.3, -0.25) is 0 Å². The molecule has 0 amide bonds. The van der Waals surface area contributed by atoms with Crippen LogP contribution < -0.4 is 0 Å². The van der Waals surface area contributed by atoms with Crippen molar-refractivity contribution in [2.45, 2.75) is 19.8 Å². The molecule has 0 bridgehead atoms. The summed E-state index contributed by atoms with van der Waals surface area (Å²) in [5, 5.41) is 0. The molecule has 0 aromatic rings. The first-order valence-corrected chi connectivity index (χ1v) is 3.16. The van der Waals surface area contributed by atoms with Crippen LogP contribution >= 0.6 is 11.6 Å². The van der Waals surface area contributed by atoms with E-state index in [0.717, 1.165) is 18.7 Å². The van der Waals surface area contributed by atoms with Gasteiger partial charge in [-0.1, -0.05) is 19.1 Å². The summed E-state index contributed by atoms with van der Waals surface area (Å²) in [7, 11) is 0. The first kappa shape index (κ1) is 7.03. The van der Waals surface area contributed by atoms with Gasteiger partial charge in [-0.2, -0.15) is 0 Å². The van der Waals surface area contributed by atoms with Crippen LogP contribution in [0.5, 0.6) is 0 Å². The highest BCUT2D eigenvalue weighted by molar-refractivity contribution is 6.17. The lowest BCUT2D eigenvalue weighted by Gasteiger charge is -1.78. The second-order valence-corrected chi connectivity index (χ2v) is 1.74. The van der Waals surface area contributed by atoms with E-state index in [1.165, 1.54) is 0 Å². The molecule has 0 spiro atoms. The zero-order valence-electron chi connectivity index (χ0n) is 4.65. The van der Waals surface area contributed by atoms with Crippen LogP contribution in [0.4, 0.5) is 0 Å². The largest absolute Gasteiger partial charge is 0.126 e. The molecule has 0 rings (SSSR count). The third-order valence-corrected chi connectivity index (χ3v) is 0.896. The quantitative estimate of drug-likeness (QED) is 0.395. The third-order valence-electron chi connectivity index (χ3n) is 0.678. The van der Waals surface area contributed by atoms with Crippen LogP contribution in [0.15, 0.2) is 12.2 Å². The van der Waals surface area contributed by atoms with E-state index in [9.17, 15) is 0 Å². The highest BCUT2D eigenvalue weighted by atomic mass is 35.5. The number of allylic oxidation sites excluding steroid dienone is 2. The summed E-state index contributed by atoms with van der Waals surface area (Å²) in [4.78, 5) is 0. The van der Waals surface area contributed by atoms with Crippen LogP contribution in [-0.2, 0) is 0 Å². The third kappa shape index (κ3) is 6.03. The van der Waals surface area contributed by atoms with Crippen molar-refractivity contribution in [3.05, 3.63) is 12.2 Å². The molecule has 0 saturated heterocycles. The predicted molar refractivity (Wildman–Crippen MR) is 34.8 cm³/mol. The number of halogens is 1. The molecule has 0 radical (unpaired) electrons. The van der Waals surface area contributed by atoms with Crippen molar-refractivity contribution in [3.63, 3.8) is 0 Å². The van der Waals surface area contributed by atoms with Crippen LogP contribution in [0, 0.1) is 0 Å². The topological polar surface area (TPSA) is 0 Å². The van der Waals surface area contributed by atoms with Crippen molar-refractivity contribution >= 4 is 11.6 Å². The molecular weight excluding hydrogens is 108 g/mol. The molecule has 0 saturated carbocycles. The Bertz CT molecular complexity index is 48.1. The van der Waals surface area contributed by atoms with Crippen LogP contribution in [0.2, 0.25) is 0 Å². The lowest BCUT2D eigenvalue weighted by atomic mass is 10.4. The first-order valence-electron chi connectivity index (χ1n) is 2.62. The van der Waals surface area contributed by atoms with Gasteiger partial charge in [0.2, 0.25) is 0 Å². The molecule has 0 atom stereocenters. The molecule has 0 aliphatic carbocycles. The predicted octanol–water partition coefficient (Wildman–Crippen LogP) is 2.58. The first-order chi connectivity index (χ1) is 3.41. The fourth-order valence-electron chi connectivity index (χ4n) is 0.348. The minimum absolute atomic E-state index is 0.747. The molecule has 0 unspecified atom stereocenters. The minimum atomic E-state index is 0.747. The van der Waals surface area contributed by atoms with Gasteiger partial charge < -0.3 is 0 Å². The number of rotatable bonds is 3. The maximum atomic E-state index is 5.39. The Labute approximate surface area is 50.2 Å². The van der Waals surface area contributed by atoms with Crippen molar-refractivity contribution < 1.29 is 0 Å². The van der Waals surface area contributed by atoms with Gasteiger partial charge in [0.05, 0.1) is 0 Å². The van der Waals surface area contributed by atoms with E-state index in [1.807, 2.05) is 0 Å². The highest BCUT2D eigenvalue weighted by Crippen LogP contribution is 1.87. The summed E-state index contributed by atoms with van der Waals surface area (Å²) >= 11 is 5.39. The monoisotopic (exact) mass is 118 g/mol. The summed E-state index contributed by atoms with van der Waals surface area (Å²) in [5.41, 5.74) is 0. The van der Waals surface area contributed by atoms with Crippen molar-refractivity contribution in [2.75, 3.05) is 5.88 Å². The fraction of sp³-hybridized carbons (Fsp3) is 0.667. The summed E-state index contributed by atoms with van der Waals surface area (Å²) in [6.45, 7) is 2.12. The van der Waals surface area contributed by atoms with Gasteiger partial charge in [0.15, 0.2) is 0 Å². The Morgan fingerprint density at radius 3 is 2.57 bits per heavy atom. The lowest BCUT2D eigenvalue weighted by Crippen LogP contribution is -1.64. The summed E-state index contributed by atoms with van der Waals surface area (Å²) in [5.74, 6) is 0.747. The summed E-state index contributed by atoms with van der Waals surface area (Å²) in [6, 6.07) is 0. The van der Waals surface area contributed by atoms with Gasteiger partial charge in [0.1, 0.15) is 0 Å². The molecule has 1 heteroatoms. The zero-order valence-corrected chi connectivity index (χ0v) is 5.41. The second kappa shape index (κ2) is 6.03. The van der Waals surface area contributed by atoms with E-state index in [1.54, 1.807) is 0 Å². The van der Waals surface area contributed by atoms with E-state index in [0.29, 0.717) is 0 Å². The van der Waals surface area contributed by atoms with E-state index < -0.39 is 0 Å². The molecule has 42 valence electrons. The van der Waals surface area contributed by atoms with Gasteiger partial charge in [0.25, 0.3) is 0 Å². The maximum Gasteiger partial charge on any atom is 0.0257 e. The molecule has 0 heterocycles. The molecule has 0 aliphatic rings. The van der Waals surface area contributed by atoms with E-state index in [2.05, 4.69) is 19.1 Å². The Morgan fingerprint density at radius 1 is 1.43 bits per heavy atom. The van der Waals surface area contributed by atoms with Gasteiger partial charge in [-0.15, -0.1) is 11.6 Å². The SMILES string of the molecule is CC/C=C\CCCl. The van der Waals surface area contributed by atoms with Gasteiger partial charge in [0, 0.05) is 5.88 Å². The van der Waals surface area contributed by atoms with Crippen LogP contribution in [0.1, 0.15) is 19.8 Å². The van der Waals surface area contributed by atoms with Gasteiger partial charge >= 0.3 is 0 Å². The lowest BCUT2D eigenvalue weighted by molar-refractivity contribution is 1.16. The van der Waals surface area contributed by atoms with Crippen molar-refractivity contribution in [1.82, 2.24) is 0 Å². The molecule has 0 fully saturated rings. The highest BCUT2D eigenvalue weighted by Gasteiger charge is 1.69. The van der Waals surface area contributed by atoms with E-state index >= 15 is 0 Å². The van der Waals surface area contributed by atoms with Crippen molar-refractivity contribution in [3.8, 4) is 0 Å². The Kier molecular flexibility index (Phi) is 6.06. The molecule has 0 aromatic carbocycles. The molecule has 0 aliphatic heterocycles. The number of alkyl halides is 1. The minimum Gasteiger partial charge on any atom is -0.126 e.